The molecule has 15 heteroatoms. The zero-order chi connectivity index (χ0) is 36.3. The number of rotatable bonds is 10. The third-order valence-corrected chi connectivity index (χ3v) is 9.79. The number of amides is 4. The summed E-state index contributed by atoms with van der Waals surface area (Å²) in [4.78, 5) is 69.2. The number of carbonyl (C=O) groups is 3. The Morgan fingerprint density at radius 2 is 1.82 bits per heavy atom. The van der Waals surface area contributed by atoms with Gasteiger partial charge in [0.25, 0.3) is 5.56 Å². The number of piperidine rings is 1. The van der Waals surface area contributed by atoms with Crippen molar-refractivity contribution in [3.05, 3.63) is 79.8 Å². The number of likely N-dealkylation sites (tertiary alicyclic amines) is 1. The molecule has 4 amide bonds. The van der Waals surface area contributed by atoms with Gasteiger partial charge in [-0.25, -0.2) is 18.8 Å². The number of primary amides is 1. The van der Waals surface area contributed by atoms with Gasteiger partial charge in [-0.05, 0) is 82.7 Å². The van der Waals surface area contributed by atoms with Crippen LogP contribution >= 0.6 is 11.6 Å². The van der Waals surface area contributed by atoms with E-state index in [4.69, 9.17) is 26.8 Å². The van der Waals surface area contributed by atoms with Crippen LogP contribution in [-0.4, -0.2) is 75.4 Å². The van der Waals surface area contributed by atoms with Crippen LogP contribution in [0.1, 0.15) is 58.1 Å². The molecular formula is C35H42ClFN6O7. The van der Waals surface area contributed by atoms with Crippen molar-refractivity contribution in [1.29, 1.82) is 0 Å². The average Bonchev–Trinajstić information content (AvgIpc) is 3.23. The first-order chi connectivity index (χ1) is 23.7. The highest BCUT2D eigenvalue weighted by molar-refractivity contribution is 6.33. The number of nitrogens with one attached hydrogen (secondary N) is 1. The first-order valence-corrected chi connectivity index (χ1v) is 16.9. The van der Waals surface area contributed by atoms with E-state index in [0.717, 1.165) is 26.5 Å². The Morgan fingerprint density at radius 1 is 1.10 bits per heavy atom. The predicted molar refractivity (Wildman–Crippen MR) is 186 cm³/mol. The molecule has 3 heterocycles. The van der Waals surface area contributed by atoms with Crippen LogP contribution in [0.2, 0.25) is 5.02 Å². The molecule has 0 unspecified atom stereocenters. The zero-order valence-electron chi connectivity index (χ0n) is 28.5. The van der Waals surface area contributed by atoms with E-state index in [2.05, 4.69) is 5.32 Å². The minimum atomic E-state index is -0.972. The Balaban J connectivity index is 1.34. The van der Waals surface area contributed by atoms with Crippen molar-refractivity contribution in [3.8, 4) is 16.9 Å². The summed E-state index contributed by atoms with van der Waals surface area (Å²) in [5, 5.41) is 2.70. The van der Waals surface area contributed by atoms with Crippen LogP contribution in [0.4, 0.5) is 19.7 Å². The highest BCUT2D eigenvalue weighted by Crippen LogP contribution is 2.30. The van der Waals surface area contributed by atoms with Crippen LogP contribution in [0.3, 0.4) is 0 Å². The Kier molecular flexibility index (Phi) is 10.9. The number of anilines is 1. The van der Waals surface area contributed by atoms with Gasteiger partial charge in [-0.1, -0.05) is 23.7 Å². The van der Waals surface area contributed by atoms with E-state index >= 15 is 0 Å². The lowest BCUT2D eigenvalue weighted by Gasteiger charge is -2.38. The standard InChI is InChI=1S/C35H42ClFN6O7/c1-21(10-14-35(2,3)50-32(38)46)43-31(45)26(25-6-5-7-27(37)30(25)36)19-41(34(43)48)20-29(44)40-15-12-23(13-16-40)42-17-11-22-18-24(49-4)8-9-28(22)39-33(42)47/h5-9,18-19,21,23H,10-17,20H2,1-4H3,(H2,38,46)(H,39,47)/t21-/m0/s1. The fourth-order valence-corrected chi connectivity index (χ4v) is 6.83. The number of hydrogen-bond donors (Lipinski definition) is 2. The fraction of sp³-hybridized carbons (Fsp3) is 0.457. The van der Waals surface area contributed by atoms with Crippen molar-refractivity contribution in [2.75, 3.05) is 32.1 Å². The molecule has 1 fully saturated rings. The maximum atomic E-state index is 14.5. The molecule has 0 spiro atoms. The normalized spacial score (nSPS) is 15.9. The second-order valence-electron chi connectivity index (χ2n) is 13.3. The van der Waals surface area contributed by atoms with Gasteiger partial charge in [0.1, 0.15) is 23.7 Å². The lowest BCUT2D eigenvalue weighted by molar-refractivity contribution is -0.133. The van der Waals surface area contributed by atoms with Gasteiger partial charge in [0.2, 0.25) is 5.91 Å². The molecule has 3 aromatic rings. The number of carbonyl (C=O) groups excluding carboxylic acids is 3. The van der Waals surface area contributed by atoms with Crippen molar-refractivity contribution < 1.29 is 28.2 Å². The molecule has 268 valence electrons. The predicted octanol–water partition coefficient (Wildman–Crippen LogP) is 4.77. The van der Waals surface area contributed by atoms with E-state index in [1.54, 1.807) is 43.7 Å². The minimum Gasteiger partial charge on any atom is -0.497 e. The third-order valence-electron chi connectivity index (χ3n) is 9.41. The number of urea groups is 1. The molecule has 1 saturated heterocycles. The van der Waals surface area contributed by atoms with Crippen LogP contribution in [0.5, 0.6) is 5.75 Å². The maximum absolute atomic E-state index is 14.5. The summed E-state index contributed by atoms with van der Waals surface area (Å²) in [5.41, 5.74) is 4.54. The number of fused-ring (bicyclic) bond motifs is 1. The number of nitrogens with two attached hydrogens (primary N) is 1. The Morgan fingerprint density at radius 3 is 2.50 bits per heavy atom. The first kappa shape index (κ1) is 36.4. The molecule has 0 saturated carbocycles. The van der Waals surface area contributed by atoms with Crippen LogP contribution in [0.25, 0.3) is 11.1 Å². The minimum absolute atomic E-state index is 0.0501. The lowest BCUT2D eigenvalue weighted by atomic mass is 9.99. The summed E-state index contributed by atoms with van der Waals surface area (Å²) in [6.07, 6.45) is 2.52. The van der Waals surface area contributed by atoms with Gasteiger partial charge < -0.3 is 30.3 Å². The molecule has 2 aliphatic heterocycles. The topological polar surface area (TPSA) is 158 Å². The van der Waals surface area contributed by atoms with Crippen LogP contribution < -0.4 is 27.0 Å². The molecule has 2 aromatic carbocycles. The molecule has 0 aliphatic carbocycles. The van der Waals surface area contributed by atoms with E-state index in [9.17, 15) is 28.4 Å². The van der Waals surface area contributed by atoms with E-state index < -0.39 is 34.8 Å². The van der Waals surface area contributed by atoms with Gasteiger partial charge in [0, 0.05) is 49.2 Å². The highest BCUT2D eigenvalue weighted by atomic mass is 35.5. The number of methoxy groups -OCH3 is 1. The molecule has 1 atom stereocenters. The zero-order valence-corrected chi connectivity index (χ0v) is 29.3. The number of ether oxygens (including phenoxy) is 2. The van der Waals surface area contributed by atoms with Crippen molar-refractivity contribution >= 4 is 35.3 Å². The van der Waals surface area contributed by atoms with Crippen molar-refractivity contribution in [2.45, 2.75) is 77.1 Å². The van der Waals surface area contributed by atoms with Gasteiger partial charge in [-0.2, -0.15) is 0 Å². The van der Waals surface area contributed by atoms with Gasteiger partial charge in [-0.15, -0.1) is 0 Å². The van der Waals surface area contributed by atoms with Crippen LogP contribution in [0.15, 0.2) is 52.2 Å². The number of aromatic nitrogens is 2. The number of halogens is 2. The van der Waals surface area contributed by atoms with Crippen molar-refractivity contribution in [2.24, 2.45) is 5.73 Å². The Hall–Kier alpha value is -4.85. The molecule has 50 heavy (non-hydrogen) atoms. The van der Waals surface area contributed by atoms with E-state index in [0.29, 0.717) is 44.6 Å². The monoisotopic (exact) mass is 712 g/mol. The summed E-state index contributed by atoms with van der Waals surface area (Å²) in [5.74, 6) is -0.380. The largest absolute Gasteiger partial charge is 0.497 e. The quantitative estimate of drug-likeness (QED) is 0.306. The molecule has 5 rings (SSSR count). The number of nitrogens with zero attached hydrogens (tertiary/aromatic N) is 4. The van der Waals surface area contributed by atoms with Gasteiger partial charge >= 0.3 is 17.8 Å². The molecule has 1 aromatic heterocycles. The fourth-order valence-electron chi connectivity index (χ4n) is 6.61. The van der Waals surface area contributed by atoms with Gasteiger partial charge in [0.05, 0.1) is 17.7 Å². The van der Waals surface area contributed by atoms with E-state index in [-0.39, 0.29) is 53.5 Å². The third kappa shape index (κ3) is 7.96. The highest BCUT2D eigenvalue weighted by Gasteiger charge is 2.32. The van der Waals surface area contributed by atoms with Crippen molar-refractivity contribution in [1.82, 2.24) is 18.9 Å². The van der Waals surface area contributed by atoms with Crippen molar-refractivity contribution in [3.63, 3.8) is 0 Å². The van der Waals surface area contributed by atoms with E-state index in [1.807, 2.05) is 12.1 Å². The summed E-state index contributed by atoms with van der Waals surface area (Å²) < 4.78 is 27.2. The lowest BCUT2D eigenvalue weighted by Crippen LogP contribution is -2.51. The van der Waals surface area contributed by atoms with E-state index in [1.165, 1.54) is 18.3 Å². The smallest absolute Gasteiger partial charge is 0.405 e. The molecule has 3 N–H and O–H groups in total. The Labute approximate surface area is 293 Å². The SMILES string of the molecule is COc1ccc2c(c1)CCN(C1CCN(C(=O)Cn3cc(-c4cccc(F)c4Cl)c(=O)n([C@@H](C)CCC(C)(C)OC(N)=O)c3=O)CC1)C(=O)N2. The number of hydrogen-bond acceptors (Lipinski definition) is 7. The molecule has 0 radical (unpaired) electrons. The molecular weight excluding hydrogens is 671 g/mol. The summed E-state index contributed by atoms with van der Waals surface area (Å²) in [6.45, 7) is 5.82. The average molecular weight is 713 g/mol. The van der Waals surface area contributed by atoms with Gasteiger partial charge in [-0.3, -0.25) is 18.7 Å². The second kappa shape index (κ2) is 15.0. The number of benzene rings is 2. The summed E-state index contributed by atoms with van der Waals surface area (Å²) >= 11 is 6.27. The van der Waals surface area contributed by atoms with Crippen LogP contribution in [-0.2, 0) is 22.5 Å². The van der Waals surface area contributed by atoms with Crippen LogP contribution in [0, 0.1) is 5.82 Å². The summed E-state index contributed by atoms with van der Waals surface area (Å²) in [6, 6.07) is 8.57. The molecule has 2 aliphatic rings. The Bertz CT molecular complexity index is 1900. The van der Waals surface area contributed by atoms with Gasteiger partial charge in [0.15, 0.2) is 0 Å². The maximum Gasteiger partial charge on any atom is 0.405 e. The molecule has 13 nitrogen and oxygen atoms in total. The second-order valence-corrected chi connectivity index (χ2v) is 13.7. The first-order valence-electron chi connectivity index (χ1n) is 16.5. The summed E-state index contributed by atoms with van der Waals surface area (Å²) in [7, 11) is 1.60. The molecule has 0 bridgehead atoms.